The van der Waals surface area contributed by atoms with E-state index in [2.05, 4.69) is 0 Å². The van der Waals surface area contributed by atoms with Crippen LogP contribution in [0, 0.1) is 0 Å². The molecule has 4 heteroatoms. The van der Waals surface area contributed by atoms with E-state index in [1.54, 1.807) is 25.1 Å². The molecule has 0 aliphatic heterocycles. The van der Waals surface area contributed by atoms with Crippen LogP contribution < -0.4 is 0 Å². The molecule has 1 atom stereocenters. The number of carbonyl (C=O) groups is 1. The van der Waals surface area contributed by atoms with Gasteiger partial charge in [-0.15, -0.1) is 11.8 Å². The highest BCUT2D eigenvalue weighted by atomic mass is 32.2. The fourth-order valence-electron chi connectivity index (χ4n) is 1.45. The molecule has 0 aliphatic rings. The van der Waals surface area contributed by atoms with Gasteiger partial charge < -0.3 is 9.84 Å². The first-order chi connectivity index (χ1) is 7.60. The zero-order valence-corrected chi connectivity index (χ0v) is 10.5. The van der Waals surface area contributed by atoms with Crippen LogP contribution in [-0.4, -0.2) is 23.9 Å². The van der Waals surface area contributed by atoms with E-state index in [1.807, 2.05) is 13.2 Å². The Morgan fingerprint density at radius 2 is 2.25 bits per heavy atom. The van der Waals surface area contributed by atoms with Gasteiger partial charge in [-0.1, -0.05) is 6.07 Å². The first kappa shape index (κ1) is 12.9. The molecule has 0 fully saturated rings. The fraction of sp³-hybridized carbons (Fsp3) is 0.417. The van der Waals surface area contributed by atoms with Gasteiger partial charge in [0.15, 0.2) is 0 Å². The highest BCUT2D eigenvalue weighted by molar-refractivity contribution is 7.98. The van der Waals surface area contributed by atoms with Gasteiger partial charge in [0.1, 0.15) is 5.75 Å². The SMILES string of the molecule is CCOC(=O)C(C)c1ccc(O)cc1SC. The lowest BCUT2D eigenvalue weighted by molar-refractivity contribution is -0.144. The molecule has 1 rings (SSSR count). The third kappa shape index (κ3) is 2.92. The van der Waals surface area contributed by atoms with Gasteiger partial charge in [-0.3, -0.25) is 4.79 Å². The van der Waals surface area contributed by atoms with Gasteiger partial charge >= 0.3 is 5.97 Å². The predicted molar refractivity (Wildman–Crippen MR) is 64.9 cm³/mol. The van der Waals surface area contributed by atoms with Gasteiger partial charge in [-0.05, 0) is 37.8 Å². The van der Waals surface area contributed by atoms with Gasteiger partial charge in [-0.25, -0.2) is 0 Å². The lowest BCUT2D eigenvalue weighted by Gasteiger charge is -2.14. The van der Waals surface area contributed by atoms with Crippen molar-refractivity contribution in [2.75, 3.05) is 12.9 Å². The maximum Gasteiger partial charge on any atom is 0.313 e. The highest BCUT2D eigenvalue weighted by Gasteiger charge is 2.19. The van der Waals surface area contributed by atoms with Gasteiger partial charge in [0.25, 0.3) is 0 Å². The Labute approximate surface area is 99.8 Å². The van der Waals surface area contributed by atoms with Crippen molar-refractivity contribution in [3.63, 3.8) is 0 Å². The fourth-order valence-corrected chi connectivity index (χ4v) is 2.17. The van der Waals surface area contributed by atoms with E-state index in [4.69, 9.17) is 4.74 Å². The van der Waals surface area contributed by atoms with Crippen molar-refractivity contribution in [1.29, 1.82) is 0 Å². The second kappa shape index (κ2) is 5.80. The van der Waals surface area contributed by atoms with E-state index in [1.165, 1.54) is 11.8 Å². The Bertz CT molecular complexity index is 377. The number of hydrogen-bond acceptors (Lipinski definition) is 4. The minimum atomic E-state index is -0.303. The number of phenolic OH excluding ortho intramolecular Hbond substituents is 1. The molecule has 0 saturated heterocycles. The van der Waals surface area contributed by atoms with Crippen LogP contribution in [0.1, 0.15) is 25.3 Å². The Morgan fingerprint density at radius 3 is 2.81 bits per heavy atom. The molecule has 88 valence electrons. The molecule has 0 radical (unpaired) electrons. The minimum Gasteiger partial charge on any atom is -0.508 e. The van der Waals surface area contributed by atoms with Crippen molar-refractivity contribution in [2.45, 2.75) is 24.7 Å². The molecule has 1 N–H and O–H groups in total. The monoisotopic (exact) mass is 240 g/mol. The van der Waals surface area contributed by atoms with E-state index in [0.717, 1.165) is 10.5 Å². The number of hydrogen-bond donors (Lipinski definition) is 1. The third-order valence-corrected chi connectivity index (χ3v) is 3.12. The van der Waals surface area contributed by atoms with Crippen LogP contribution in [0.3, 0.4) is 0 Å². The molecule has 1 unspecified atom stereocenters. The molecule has 0 amide bonds. The maximum atomic E-state index is 11.6. The van der Waals surface area contributed by atoms with Crippen molar-refractivity contribution < 1.29 is 14.6 Å². The van der Waals surface area contributed by atoms with Gasteiger partial charge in [0.2, 0.25) is 0 Å². The highest BCUT2D eigenvalue weighted by Crippen LogP contribution is 2.30. The lowest BCUT2D eigenvalue weighted by atomic mass is 10.0. The Balaban J connectivity index is 2.98. The zero-order valence-electron chi connectivity index (χ0n) is 9.69. The summed E-state index contributed by atoms with van der Waals surface area (Å²) in [7, 11) is 0. The second-order valence-electron chi connectivity index (χ2n) is 3.40. The van der Waals surface area contributed by atoms with Crippen LogP contribution >= 0.6 is 11.8 Å². The van der Waals surface area contributed by atoms with Crippen LogP contribution in [-0.2, 0) is 9.53 Å². The summed E-state index contributed by atoms with van der Waals surface area (Å²) in [6.07, 6.45) is 1.91. The van der Waals surface area contributed by atoms with E-state index in [0.29, 0.717) is 6.61 Å². The quantitative estimate of drug-likeness (QED) is 0.649. The van der Waals surface area contributed by atoms with Crippen LogP contribution in [0.25, 0.3) is 0 Å². The largest absolute Gasteiger partial charge is 0.508 e. The first-order valence-electron chi connectivity index (χ1n) is 5.13. The molecule has 0 aliphatic carbocycles. The Morgan fingerprint density at radius 1 is 1.56 bits per heavy atom. The summed E-state index contributed by atoms with van der Waals surface area (Å²) in [5, 5.41) is 9.36. The number of thioether (sulfide) groups is 1. The summed E-state index contributed by atoms with van der Waals surface area (Å²) in [5.74, 6) is -0.323. The first-order valence-corrected chi connectivity index (χ1v) is 6.36. The molecule has 0 aromatic heterocycles. The van der Waals surface area contributed by atoms with E-state index >= 15 is 0 Å². The summed E-state index contributed by atoms with van der Waals surface area (Å²) in [6, 6.07) is 5.02. The van der Waals surface area contributed by atoms with Crippen molar-refractivity contribution in [3.05, 3.63) is 23.8 Å². The topological polar surface area (TPSA) is 46.5 Å². The molecule has 0 spiro atoms. The molecule has 0 heterocycles. The molecule has 0 saturated carbocycles. The van der Waals surface area contributed by atoms with Gasteiger partial charge in [-0.2, -0.15) is 0 Å². The zero-order chi connectivity index (χ0) is 12.1. The van der Waals surface area contributed by atoms with E-state index in [9.17, 15) is 9.90 Å². The predicted octanol–water partition coefficient (Wildman–Crippen LogP) is 2.78. The summed E-state index contributed by atoms with van der Waals surface area (Å²) in [6.45, 7) is 3.98. The average molecular weight is 240 g/mol. The van der Waals surface area contributed by atoms with Crippen LogP contribution in [0.4, 0.5) is 0 Å². The van der Waals surface area contributed by atoms with Crippen LogP contribution in [0.2, 0.25) is 0 Å². The molecule has 16 heavy (non-hydrogen) atoms. The normalized spacial score (nSPS) is 12.2. The number of carbonyl (C=O) groups excluding carboxylic acids is 1. The number of esters is 1. The Kier molecular flexibility index (Phi) is 4.68. The number of benzene rings is 1. The van der Waals surface area contributed by atoms with E-state index in [-0.39, 0.29) is 17.6 Å². The lowest BCUT2D eigenvalue weighted by Crippen LogP contribution is -2.13. The molecular weight excluding hydrogens is 224 g/mol. The van der Waals surface area contributed by atoms with Crippen molar-refractivity contribution in [1.82, 2.24) is 0 Å². The maximum absolute atomic E-state index is 11.6. The molecule has 0 bridgehead atoms. The Hall–Kier alpha value is -1.16. The summed E-state index contributed by atoms with van der Waals surface area (Å²) in [5.41, 5.74) is 0.892. The van der Waals surface area contributed by atoms with E-state index < -0.39 is 0 Å². The number of rotatable bonds is 4. The van der Waals surface area contributed by atoms with Crippen LogP contribution in [0.5, 0.6) is 5.75 Å². The van der Waals surface area contributed by atoms with Crippen molar-refractivity contribution in [3.8, 4) is 5.75 Å². The van der Waals surface area contributed by atoms with Gasteiger partial charge in [0.05, 0.1) is 12.5 Å². The summed E-state index contributed by atoms with van der Waals surface area (Å²) < 4.78 is 4.98. The molecule has 1 aromatic carbocycles. The number of phenols is 1. The van der Waals surface area contributed by atoms with Gasteiger partial charge in [0, 0.05) is 4.90 Å². The summed E-state index contributed by atoms with van der Waals surface area (Å²) in [4.78, 5) is 12.5. The van der Waals surface area contributed by atoms with Crippen LogP contribution in [0.15, 0.2) is 23.1 Å². The summed E-state index contributed by atoms with van der Waals surface area (Å²) >= 11 is 1.51. The van der Waals surface area contributed by atoms with Crippen molar-refractivity contribution in [2.24, 2.45) is 0 Å². The molecule has 1 aromatic rings. The minimum absolute atomic E-state index is 0.212. The smallest absolute Gasteiger partial charge is 0.313 e. The number of ether oxygens (including phenoxy) is 1. The average Bonchev–Trinajstić information content (AvgIpc) is 2.28. The third-order valence-electron chi connectivity index (χ3n) is 2.32. The second-order valence-corrected chi connectivity index (χ2v) is 4.25. The van der Waals surface area contributed by atoms with Crippen molar-refractivity contribution >= 4 is 17.7 Å². The standard InChI is InChI=1S/C12H16O3S/c1-4-15-12(14)8(2)10-6-5-9(13)7-11(10)16-3/h5-8,13H,4H2,1-3H3. The molecule has 3 nitrogen and oxygen atoms in total. The molecular formula is C12H16O3S. The number of aromatic hydroxyl groups is 1.